The third kappa shape index (κ3) is 5.28. The molecule has 0 atom stereocenters. The summed E-state index contributed by atoms with van der Waals surface area (Å²) in [4.78, 5) is 24.1. The van der Waals surface area contributed by atoms with Crippen LogP contribution in [0.15, 0.2) is 36.4 Å². The van der Waals surface area contributed by atoms with E-state index in [0.29, 0.717) is 21.5 Å². The van der Waals surface area contributed by atoms with Gasteiger partial charge in [-0.2, -0.15) is 4.98 Å². The second-order valence-electron chi connectivity index (χ2n) is 9.63. The number of piperidine rings is 1. The Hall–Kier alpha value is -2.87. The molecule has 1 saturated carbocycles. The van der Waals surface area contributed by atoms with E-state index in [1.54, 1.807) is 18.2 Å². The first-order valence-electron chi connectivity index (χ1n) is 12.2. The summed E-state index contributed by atoms with van der Waals surface area (Å²) >= 11 is 13.0. The molecule has 0 bridgehead atoms. The summed E-state index contributed by atoms with van der Waals surface area (Å²) in [5.74, 6) is 0.261. The lowest BCUT2D eigenvalue weighted by molar-refractivity contribution is 0.0995. The van der Waals surface area contributed by atoms with Crippen LogP contribution in [0.1, 0.15) is 53.1 Å². The number of nitrogens with two attached hydrogens (primary N) is 1. The second-order valence-corrected chi connectivity index (χ2v) is 10.4. The van der Waals surface area contributed by atoms with Crippen molar-refractivity contribution in [2.45, 2.75) is 44.6 Å². The normalized spacial score (nSPS) is 16.7. The van der Waals surface area contributed by atoms with Crippen molar-refractivity contribution >= 4 is 40.7 Å². The minimum Gasteiger partial charge on any atom is -0.474 e. The first kappa shape index (κ1) is 24.8. The summed E-state index contributed by atoms with van der Waals surface area (Å²) in [5, 5.41) is 3.99. The number of nitrogens with zero attached hydrogens (tertiary/aromatic N) is 3. The van der Waals surface area contributed by atoms with Crippen molar-refractivity contribution in [3.63, 3.8) is 0 Å². The summed E-state index contributed by atoms with van der Waals surface area (Å²) < 4.78 is 5.99. The summed E-state index contributed by atoms with van der Waals surface area (Å²) in [6.45, 7) is 4.36. The molecule has 5 rings (SSSR count). The van der Waals surface area contributed by atoms with Gasteiger partial charge in [0, 0.05) is 11.3 Å². The molecule has 1 saturated heterocycles. The lowest BCUT2D eigenvalue weighted by Crippen LogP contribution is -2.29. The SMILES string of the molecule is Cc1cc(Nc2nc(OC3CC3)c(C(N)=O)c(-c3c(Cl)cccc3Cl)n2)ccc1C1CCN(C)CC1. The van der Waals surface area contributed by atoms with E-state index in [-0.39, 0.29) is 29.2 Å². The van der Waals surface area contributed by atoms with Crippen molar-refractivity contribution in [2.75, 3.05) is 25.5 Å². The molecular weight excluding hydrogens is 497 g/mol. The zero-order chi connectivity index (χ0) is 25.4. The molecule has 0 spiro atoms. The molecule has 0 unspecified atom stereocenters. The number of primary amides is 1. The zero-order valence-electron chi connectivity index (χ0n) is 20.4. The third-order valence-corrected chi connectivity index (χ3v) is 7.44. The number of benzene rings is 2. The van der Waals surface area contributed by atoms with Crippen molar-refractivity contribution in [1.82, 2.24) is 14.9 Å². The number of likely N-dealkylation sites (tertiary alicyclic amines) is 1. The number of ether oxygens (including phenoxy) is 1. The molecule has 3 N–H and O–H groups in total. The van der Waals surface area contributed by atoms with Gasteiger partial charge in [-0.1, -0.05) is 35.3 Å². The minimum atomic E-state index is -0.707. The fourth-order valence-electron chi connectivity index (χ4n) is 4.71. The van der Waals surface area contributed by atoms with Gasteiger partial charge in [-0.25, -0.2) is 4.98 Å². The Bertz CT molecular complexity index is 1280. The van der Waals surface area contributed by atoms with E-state index in [1.165, 1.54) is 11.1 Å². The molecule has 3 aromatic rings. The first-order valence-corrected chi connectivity index (χ1v) is 12.9. The highest BCUT2D eigenvalue weighted by Crippen LogP contribution is 2.40. The maximum Gasteiger partial charge on any atom is 0.256 e. The average molecular weight is 526 g/mol. The predicted octanol–water partition coefficient (Wildman–Crippen LogP) is 5.95. The molecule has 2 heterocycles. The van der Waals surface area contributed by atoms with Crippen LogP contribution in [0.5, 0.6) is 5.88 Å². The molecule has 1 aromatic heterocycles. The third-order valence-electron chi connectivity index (χ3n) is 6.81. The number of hydrogen-bond acceptors (Lipinski definition) is 6. The van der Waals surface area contributed by atoms with Crippen LogP contribution in [0.25, 0.3) is 11.3 Å². The Labute approximate surface area is 221 Å². The largest absolute Gasteiger partial charge is 0.474 e. The lowest BCUT2D eigenvalue weighted by Gasteiger charge is -2.30. The predicted molar refractivity (Wildman–Crippen MR) is 144 cm³/mol. The van der Waals surface area contributed by atoms with E-state index in [9.17, 15) is 4.79 Å². The Morgan fingerprint density at radius 3 is 2.39 bits per heavy atom. The van der Waals surface area contributed by atoms with Gasteiger partial charge in [-0.15, -0.1) is 0 Å². The maximum absolute atomic E-state index is 12.5. The molecule has 1 amide bonds. The van der Waals surface area contributed by atoms with Crippen LogP contribution >= 0.6 is 23.2 Å². The number of anilines is 2. The Balaban J connectivity index is 1.52. The molecule has 1 aliphatic carbocycles. The Kier molecular flexibility index (Phi) is 7.06. The number of rotatable bonds is 7. The van der Waals surface area contributed by atoms with Gasteiger partial charge in [-0.05, 0) is 94.1 Å². The fraction of sp³-hybridized carbons (Fsp3) is 0.370. The van der Waals surface area contributed by atoms with Crippen LogP contribution in [0.3, 0.4) is 0 Å². The quantitative estimate of drug-likeness (QED) is 0.395. The zero-order valence-corrected chi connectivity index (χ0v) is 21.9. The van der Waals surface area contributed by atoms with Gasteiger partial charge in [0.15, 0.2) is 0 Å². The Morgan fingerprint density at radius 2 is 1.78 bits per heavy atom. The standard InChI is InChI=1S/C27H29Cl2N5O2/c1-15-14-17(6-9-19(15)16-10-12-34(2)13-11-16)31-27-32-24(22-20(28)4-3-5-21(22)29)23(25(30)35)26(33-27)36-18-7-8-18/h3-6,9,14,16,18H,7-8,10-13H2,1-2H3,(H2,30,35)(H,31,32,33). The van der Waals surface area contributed by atoms with Gasteiger partial charge in [0.05, 0.1) is 15.7 Å². The number of aryl methyl sites for hydroxylation is 1. The van der Waals surface area contributed by atoms with Crippen molar-refractivity contribution in [2.24, 2.45) is 5.73 Å². The number of carbonyl (C=O) groups excluding carboxylic acids is 1. The van der Waals surface area contributed by atoms with E-state index in [1.807, 2.05) is 6.07 Å². The molecule has 2 aliphatic rings. The highest BCUT2D eigenvalue weighted by Gasteiger charge is 2.30. The lowest BCUT2D eigenvalue weighted by atomic mass is 9.87. The van der Waals surface area contributed by atoms with E-state index in [4.69, 9.17) is 33.7 Å². The van der Waals surface area contributed by atoms with Gasteiger partial charge in [0.2, 0.25) is 11.8 Å². The van der Waals surface area contributed by atoms with Gasteiger partial charge < -0.3 is 20.7 Å². The average Bonchev–Trinajstić information content (AvgIpc) is 3.64. The maximum atomic E-state index is 12.5. The van der Waals surface area contributed by atoms with Crippen LogP contribution in [-0.2, 0) is 0 Å². The number of amides is 1. The summed E-state index contributed by atoms with van der Waals surface area (Å²) in [5.41, 5.74) is 9.91. The van der Waals surface area contributed by atoms with Crippen LogP contribution < -0.4 is 15.8 Å². The number of carbonyl (C=O) groups is 1. The van der Waals surface area contributed by atoms with Crippen LogP contribution in [0.4, 0.5) is 11.6 Å². The molecule has 2 fully saturated rings. The molecular formula is C27H29Cl2N5O2. The minimum absolute atomic E-state index is 0.00326. The Morgan fingerprint density at radius 1 is 1.08 bits per heavy atom. The van der Waals surface area contributed by atoms with Crippen LogP contribution in [0, 0.1) is 6.92 Å². The molecule has 0 radical (unpaired) electrons. The molecule has 7 nitrogen and oxygen atoms in total. The van der Waals surface area contributed by atoms with Crippen molar-refractivity contribution in [3.05, 3.63) is 63.1 Å². The molecule has 188 valence electrons. The van der Waals surface area contributed by atoms with Gasteiger partial charge >= 0.3 is 0 Å². The number of nitrogens with one attached hydrogen (secondary N) is 1. The van der Waals surface area contributed by atoms with Gasteiger partial charge in [0.1, 0.15) is 11.7 Å². The molecule has 9 heteroatoms. The summed E-state index contributed by atoms with van der Waals surface area (Å²) in [6.07, 6.45) is 4.10. The second kappa shape index (κ2) is 10.2. The monoisotopic (exact) mass is 525 g/mol. The number of aromatic nitrogens is 2. The fourth-order valence-corrected chi connectivity index (χ4v) is 5.29. The van der Waals surface area contributed by atoms with E-state index >= 15 is 0 Å². The smallest absolute Gasteiger partial charge is 0.256 e. The topological polar surface area (TPSA) is 93.4 Å². The first-order chi connectivity index (χ1) is 17.3. The van der Waals surface area contributed by atoms with Crippen LogP contribution in [-0.4, -0.2) is 47.0 Å². The van der Waals surface area contributed by atoms with Crippen molar-refractivity contribution in [1.29, 1.82) is 0 Å². The summed E-state index contributed by atoms with van der Waals surface area (Å²) in [7, 11) is 2.17. The van der Waals surface area contributed by atoms with Gasteiger partial charge in [-0.3, -0.25) is 4.79 Å². The molecule has 1 aliphatic heterocycles. The number of halogens is 2. The van der Waals surface area contributed by atoms with Crippen molar-refractivity contribution in [3.8, 4) is 17.1 Å². The van der Waals surface area contributed by atoms with E-state index in [0.717, 1.165) is 44.5 Å². The van der Waals surface area contributed by atoms with Crippen molar-refractivity contribution < 1.29 is 9.53 Å². The van der Waals surface area contributed by atoms with Gasteiger partial charge in [0.25, 0.3) is 5.91 Å². The highest BCUT2D eigenvalue weighted by atomic mass is 35.5. The summed E-state index contributed by atoms with van der Waals surface area (Å²) in [6, 6.07) is 11.4. The van der Waals surface area contributed by atoms with Crippen LogP contribution in [0.2, 0.25) is 10.0 Å². The highest BCUT2D eigenvalue weighted by molar-refractivity contribution is 6.39. The van der Waals surface area contributed by atoms with E-state index < -0.39 is 5.91 Å². The number of hydrogen-bond donors (Lipinski definition) is 2. The molecule has 2 aromatic carbocycles. The molecule has 36 heavy (non-hydrogen) atoms. The van der Waals surface area contributed by atoms with E-state index in [2.05, 4.69) is 46.3 Å².